The van der Waals surface area contributed by atoms with E-state index in [1.165, 1.54) is 33.3 Å². The molecular formula is C23H23ClN2O6. The summed E-state index contributed by atoms with van der Waals surface area (Å²) in [7, 11) is 2.59. The van der Waals surface area contributed by atoms with Crippen molar-refractivity contribution in [2.75, 3.05) is 25.3 Å². The molecule has 0 spiro atoms. The molecule has 0 saturated heterocycles. The molecule has 168 valence electrons. The second kappa shape index (κ2) is 10.0. The van der Waals surface area contributed by atoms with Crippen molar-refractivity contribution in [1.82, 2.24) is 0 Å². The Hall–Kier alpha value is -3.78. The van der Waals surface area contributed by atoms with Crippen molar-refractivity contribution in [3.63, 3.8) is 0 Å². The minimum absolute atomic E-state index is 0. The number of nitrogens with one attached hydrogen (secondary N) is 1. The van der Waals surface area contributed by atoms with E-state index in [-0.39, 0.29) is 52.8 Å². The number of amides is 1. The molecule has 3 rings (SSSR count). The Morgan fingerprint density at radius 3 is 2.19 bits per heavy atom. The van der Waals surface area contributed by atoms with Crippen LogP contribution in [0.4, 0.5) is 11.4 Å². The molecule has 1 aliphatic rings. The Bertz CT molecular complexity index is 1140. The first-order valence-electron chi connectivity index (χ1n) is 9.37. The van der Waals surface area contributed by atoms with E-state index in [1.54, 1.807) is 30.3 Å². The van der Waals surface area contributed by atoms with Gasteiger partial charge in [0, 0.05) is 28.9 Å². The maximum atomic E-state index is 12.8. The number of ether oxygens (including phenoxy) is 2. The first-order valence-corrected chi connectivity index (χ1v) is 9.37. The van der Waals surface area contributed by atoms with Crippen LogP contribution in [-0.2, 0) is 25.5 Å². The van der Waals surface area contributed by atoms with Crippen LogP contribution in [0.5, 0.6) is 5.75 Å². The van der Waals surface area contributed by atoms with Crippen LogP contribution in [-0.4, -0.2) is 36.8 Å². The smallest absolute Gasteiger partial charge is 0.259 e. The summed E-state index contributed by atoms with van der Waals surface area (Å²) in [5.41, 5.74) is 7.77. The Morgan fingerprint density at radius 1 is 1.00 bits per heavy atom. The zero-order valence-corrected chi connectivity index (χ0v) is 18.5. The van der Waals surface area contributed by atoms with Gasteiger partial charge in [-0.2, -0.15) is 0 Å². The van der Waals surface area contributed by atoms with Gasteiger partial charge in [0.25, 0.3) is 5.91 Å². The first-order chi connectivity index (χ1) is 14.8. The highest BCUT2D eigenvalue weighted by molar-refractivity contribution is 6.23. The first kappa shape index (κ1) is 24.5. The number of hydrogen-bond donors (Lipinski definition) is 3. The molecule has 8 nitrogen and oxygen atoms in total. The lowest BCUT2D eigenvalue weighted by atomic mass is 9.88. The molecule has 4 N–H and O–H groups in total. The van der Waals surface area contributed by atoms with Gasteiger partial charge in [-0.1, -0.05) is 6.07 Å². The summed E-state index contributed by atoms with van der Waals surface area (Å²) < 4.78 is 10.1. The molecule has 1 aliphatic carbocycles. The van der Waals surface area contributed by atoms with Gasteiger partial charge in [-0.15, -0.1) is 12.4 Å². The van der Waals surface area contributed by atoms with E-state index in [9.17, 15) is 19.5 Å². The van der Waals surface area contributed by atoms with E-state index in [1.807, 2.05) is 0 Å². The van der Waals surface area contributed by atoms with Crippen molar-refractivity contribution in [1.29, 1.82) is 0 Å². The predicted octanol–water partition coefficient (Wildman–Crippen LogP) is 3.16. The highest BCUT2D eigenvalue weighted by atomic mass is 35.5. The fraction of sp³-hybridized carbons (Fsp3) is 0.174. The zero-order valence-electron chi connectivity index (χ0n) is 17.7. The number of allylic oxidation sites excluding steroid dienone is 2. The van der Waals surface area contributed by atoms with Gasteiger partial charge in [-0.3, -0.25) is 14.4 Å². The number of phenols is 1. The van der Waals surface area contributed by atoms with Crippen LogP contribution < -0.4 is 11.1 Å². The normalized spacial score (nSPS) is 13.6. The van der Waals surface area contributed by atoms with E-state index in [4.69, 9.17) is 15.2 Å². The van der Waals surface area contributed by atoms with Crippen LogP contribution in [0.25, 0.3) is 0 Å². The van der Waals surface area contributed by atoms with E-state index in [0.717, 1.165) is 0 Å². The van der Waals surface area contributed by atoms with Crippen LogP contribution in [0, 0.1) is 0 Å². The molecular weight excluding hydrogens is 436 g/mol. The third-order valence-electron chi connectivity index (χ3n) is 4.95. The van der Waals surface area contributed by atoms with Gasteiger partial charge in [0.1, 0.15) is 5.75 Å². The third kappa shape index (κ3) is 4.76. The molecule has 9 heteroatoms. The number of Topliss-reactive ketones (excluding diaryl/α,β-unsaturated/α-hetero) is 2. The summed E-state index contributed by atoms with van der Waals surface area (Å²) in [5, 5.41) is 12.8. The van der Waals surface area contributed by atoms with Gasteiger partial charge >= 0.3 is 0 Å². The number of halogens is 1. The summed E-state index contributed by atoms with van der Waals surface area (Å²) in [5.74, 6) is -1.93. The van der Waals surface area contributed by atoms with Crippen LogP contribution in [0.15, 0.2) is 65.1 Å². The van der Waals surface area contributed by atoms with Gasteiger partial charge in [0.15, 0.2) is 0 Å². The molecule has 0 saturated carbocycles. The second-order valence-corrected chi connectivity index (χ2v) is 6.93. The number of carbonyl (C=O) groups is 3. The second-order valence-electron chi connectivity index (χ2n) is 6.93. The number of benzene rings is 2. The number of carbonyl (C=O) groups excluding carboxylic acids is 3. The lowest BCUT2D eigenvalue weighted by Crippen LogP contribution is -2.26. The molecule has 1 amide bonds. The summed E-state index contributed by atoms with van der Waals surface area (Å²) in [6, 6.07) is 11.0. The van der Waals surface area contributed by atoms with Crippen LogP contribution in [0.2, 0.25) is 0 Å². The van der Waals surface area contributed by atoms with Crippen molar-refractivity contribution in [2.45, 2.75) is 13.3 Å². The predicted molar refractivity (Wildman–Crippen MR) is 122 cm³/mol. The maximum absolute atomic E-state index is 12.8. The molecule has 0 unspecified atom stereocenters. The number of aromatic hydroxyl groups is 1. The van der Waals surface area contributed by atoms with Crippen LogP contribution in [0.1, 0.15) is 22.8 Å². The molecule has 0 fully saturated rings. The average molecular weight is 459 g/mol. The van der Waals surface area contributed by atoms with Gasteiger partial charge in [-0.05, 0) is 48.9 Å². The SMILES string of the molecule is COC1=C(OC)C(=O)C(Cc2ccc(O)c(C(=O)Nc3ccc(N)cc3)c2)=C(C)C1=O.Cl. The number of hydrogen-bond acceptors (Lipinski definition) is 7. The summed E-state index contributed by atoms with van der Waals surface area (Å²) in [4.78, 5) is 38.0. The van der Waals surface area contributed by atoms with E-state index in [0.29, 0.717) is 16.9 Å². The van der Waals surface area contributed by atoms with E-state index >= 15 is 0 Å². The van der Waals surface area contributed by atoms with Gasteiger partial charge in [0.2, 0.25) is 23.1 Å². The summed E-state index contributed by atoms with van der Waals surface area (Å²) >= 11 is 0. The van der Waals surface area contributed by atoms with E-state index in [2.05, 4.69) is 5.32 Å². The minimum atomic E-state index is -0.528. The number of anilines is 2. The molecule has 32 heavy (non-hydrogen) atoms. The van der Waals surface area contributed by atoms with Crippen molar-refractivity contribution in [3.8, 4) is 5.75 Å². The maximum Gasteiger partial charge on any atom is 0.259 e. The molecule has 0 heterocycles. The molecule has 0 atom stereocenters. The molecule has 0 aromatic heterocycles. The van der Waals surface area contributed by atoms with Crippen molar-refractivity contribution in [2.24, 2.45) is 0 Å². The molecule has 2 aromatic carbocycles. The standard InChI is InChI=1S/C23H22N2O6.ClH/c1-12-16(20(28)22(31-3)21(30-2)19(12)27)10-13-4-9-18(26)17(11-13)23(29)25-15-7-5-14(24)6-8-15;/h4-9,11,26H,10,24H2,1-3H3,(H,25,29);1H. The number of rotatable bonds is 6. The zero-order chi connectivity index (χ0) is 22.7. The van der Waals surface area contributed by atoms with Gasteiger partial charge in [0.05, 0.1) is 19.8 Å². The summed E-state index contributed by atoms with van der Waals surface area (Å²) in [6.45, 7) is 1.54. The van der Waals surface area contributed by atoms with E-state index < -0.39 is 17.5 Å². The largest absolute Gasteiger partial charge is 0.507 e. The number of nitrogen functional groups attached to an aromatic ring is 1. The Kier molecular flexibility index (Phi) is 7.67. The lowest BCUT2D eigenvalue weighted by molar-refractivity contribution is -0.121. The number of phenolic OH excluding ortho intramolecular Hbond substituents is 1. The monoisotopic (exact) mass is 458 g/mol. The number of ketones is 2. The van der Waals surface area contributed by atoms with Gasteiger partial charge < -0.3 is 25.6 Å². The van der Waals surface area contributed by atoms with Gasteiger partial charge in [-0.25, -0.2) is 0 Å². The van der Waals surface area contributed by atoms with Crippen molar-refractivity contribution in [3.05, 3.63) is 76.3 Å². The Balaban J connectivity index is 0.00000363. The molecule has 2 aromatic rings. The minimum Gasteiger partial charge on any atom is -0.507 e. The lowest BCUT2D eigenvalue weighted by Gasteiger charge is -2.20. The number of methoxy groups -OCH3 is 2. The third-order valence-corrected chi connectivity index (χ3v) is 4.95. The Labute approximate surface area is 191 Å². The van der Waals surface area contributed by atoms with Crippen LogP contribution in [0.3, 0.4) is 0 Å². The highest BCUT2D eigenvalue weighted by Gasteiger charge is 2.34. The fourth-order valence-electron chi connectivity index (χ4n) is 3.25. The topological polar surface area (TPSA) is 128 Å². The molecule has 0 bridgehead atoms. The summed E-state index contributed by atoms with van der Waals surface area (Å²) in [6.07, 6.45) is 0.0721. The fourth-order valence-corrected chi connectivity index (χ4v) is 3.25. The Morgan fingerprint density at radius 2 is 1.59 bits per heavy atom. The molecule has 0 radical (unpaired) electrons. The average Bonchev–Trinajstić information content (AvgIpc) is 2.76. The molecule has 0 aliphatic heterocycles. The van der Waals surface area contributed by atoms with Crippen LogP contribution >= 0.6 is 12.4 Å². The van der Waals surface area contributed by atoms with Crippen molar-refractivity contribution < 1.29 is 29.0 Å². The highest BCUT2D eigenvalue weighted by Crippen LogP contribution is 2.29. The van der Waals surface area contributed by atoms with Crippen molar-refractivity contribution >= 4 is 41.3 Å². The number of nitrogens with two attached hydrogens (primary N) is 1. The quantitative estimate of drug-likeness (QED) is 0.448.